The molecule has 1 aliphatic rings. The van der Waals surface area contributed by atoms with Crippen LogP contribution in [0.3, 0.4) is 0 Å². The molecular formula is C17H21ClO4. The topological polar surface area (TPSA) is 63.6 Å². The van der Waals surface area contributed by atoms with Gasteiger partial charge in [-0.05, 0) is 42.4 Å². The molecule has 120 valence electrons. The van der Waals surface area contributed by atoms with Crippen molar-refractivity contribution in [3.05, 3.63) is 28.3 Å². The third kappa shape index (κ3) is 4.23. The molecule has 5 heteroatoms. The summed E-state index contributed by atoms with van der Waals surface area (Å²) in [6, 6.07) is 3.50. The summed E-state index contributed by atoms with van der Waals surface area (Å²) in [5, 5.41) is 9.44. The van der Waals surface area contributed by atoms with Gasteiger partial charge in [0.15, 0.2) is 5.78 Å². The Labute approximate surface area is 135 Å². The Morgan fingerprint density at radius 2 is 2.09 bits per heavy atom. The van der Waals surface area contributed by atoms with Crippen LogP contribution in [-0.2, 0) is 11.2 Å². The molecule has 1 N–H and O–H groups in total. The van der Waals surface area contributed by atoms with E-state index in [1.807, 2.05) is 19.9 Å². The Morgan fingerprint density at radius 3 is 2.77 bits per heavy atom. The molecule has 0 bridgehead atoms. The molecule has 1 heterocycles. The summed E-state index contributed by atoms with van der Waals surface area (Å²) in [4.78, 5) is 23.4. The zero-order chi connectivity index (χ0) is 16.3. The largest absolute Gasteiger partial charge is 0.493 e. The number of carbonyl (C=O) groups is 2. The molecule has 2 rings (SSSR count). The van der Waals surface area contributed by atoms with Gasteiger partial charge in [0.1, 0.15) is 5.75 Å². The van der Waals surface area contributed by atoms with E-state index < -0.39 is 11.4 Å². The fraction of sp³-hybridized carbons (Fsp3) is 0.529. The van der Waals surface area contributed by atoms with E-state index in [9.17, 15) is 9.59 Å². The number of hydrogen-bond acceptors (Lipinski definition) is 3. The van der Waals surface area contributed by atoms with Gasteiger partial charge in [-0.3, -0.25) is 9.59 Å². The molecule has 1 aromatic rings. The van der Waals surface area contributed by atoms with E-state index in [1.54, 1.807) is 6.07 Å². The first-order valence-electron chi connectivity index (χ1n) is 7.49. The van der Waals surface area contributed by atoms with E-state index in [4.69, 9.17) is 21.4 Å². The van der Waals surface area contributed by atoms with Crippen LogP contribution in [0.5, 0.6) is 5.75 Å². The Hall–Kier alpha value is -1.55. The fourth-order valence-electron chi connectivity index (χ4n) is 2.73. The van der Waals surface area contributed by atoms with Crippen LogP contribution in [0.25, 0.3) is 0 Å². The predicted molar refractivity (Wildman–Crippen MR) is 84.9 cm³/mol. The normalized spacial score (nSPS) is 14.1. The number of fused-ring (bicyclic) bond motifs is 1. The molecule has 0 saturated heterocycles. The van der Waals surface area contributed by atoms with Gasteiger partial charge in [0.25, 0.3) is 0 Å². The SMILES string of the molecule is CC(C)(CCC(=O)c1cc(Cl)cc2c1OCCC2)CC(=O)O. The van der Waals surface area contributed by atoms with Crippen LogP contribution in [0.2, 0.25) is 5.02 Å². The van der Waals surface area contributed by atoms with Crippen molar-refractivity contribution in [2.45, 2.75) is 46.0 Å². The van der Waals surface area contributed by atoms with Gasteiger partial charge in [0.05, 0.1) is 18.6 Å². The molecule has 22 heavy (non-hydrogen) atoms. The number of halogens is 1. The molecule has 0 radical (unpaired) electrons. The summed E-state index contributed by atoms with van der Waals surface area (Å²) in [5.41, 5.74) is 1.08. The Morgan fingerprint density at radius 1 is 1.36 bits per heavy atom. The smallest absolute Gasteiger partial charge is 0.303 e. The van der Waals surface area contributed by atoms with Gasteiger partial charge in [-0.1, -0.05) is 25.4 Å². The summed E-state index contributed by atoms with van der Waals surface area (Å²) in [6.45, 7) is 4.33. The van der Waals surface area contributed by atoms with Crippen molar-refractivity contribution in [2.75, 3.05) is 6.61 Å². The number of carboxylic acid groups (broad SMARTS) is 1. The van der Waals surface area contributed by atoms with Crippen molar-refractivity contribution < 1.29 is 19.4 Å². The Bertz CT molecular complexity index is 593. The summed E-state index contributed by atoms with van der Waals surface area (Å²) in [5.74, 6) is -0.239. The number of ketones is 1. The molecular weight excluding hydrogens is 304 g/mol. The van der Waals surface area contributed by atoms with Crippen molar-refractivity contribution in [1.82, 2.24) is 0 Å². The van der Waals surface area contributed by atoms with Gasteiger partial charge in [-0.25, -0.2) is 0 Å². The molecule has 0 atom stereocenters. The number of benzene rings is 1. The molecule has 1 aromatic carbocycles. The molecule has 0 saturated carbocycles. The molecule has 0 aliphatic carbocycles. The van der Waals surface area contributed by atoms with Crippen LogP contribution in [-0.4, -0.2) is 23.5 Å². The lowest BCUT2D eigenvalue weighted by molar-refractivity contribution is -0.139. The lowest BCUT2D eigenvalue weighted by atomic mass is 9.83. The first-order valence-corrected chi connectivity index (χ1v) is 7.86. The average Bonchev–Trinajstić information content (AvgIpc) is 2.42. The standard InChI is InChI=1S/C17H21ClO4/c1-17(2,10-15(20)21)6-5-14(19)13-9-12(18)8-11-4-3-7-22-16(11)13/h8-9H,3-7,10H2,1-2H3,(H,20,21). The number of hydrogen-bond donors (Lipinski definition) is 1. The average molecular weight is 325 g/mol. The highest BCUT2D eigenvalue weighted by Crippen LogP contribution is 2.34. The number of Topliss-reactive ketones (excluding diaryl/α,β-unsaturated/α-hetero) is 1. The van der Waals surface area contributed by atoms with Crippen molar-refractivity contribution in [3.63, 3.8) is 0 Å². The van der Waals surface area contributed by atoms with Crippen molar-refractivity contribution in [3.8, 4) is 5.75 Å². The fourth-order valence-corrected chi connectivity index (χ4v) is 2.98. The van der Waals surface area contributed by atoms with E-state index in [2.05, 4.69) is 0 Å². The minimum Gasteiger partial charge on any atom is -0.493 e. The predicted octanol–water partition coefficient (Wildman–Crippen LogP) is 4.13. The Kier molecular flexibility index (Phi) is 5.12. The van der Waals surface area contributed by atoms with Crippen LogP contribution in [0, 0.1) is 5.41 Å². The van der Waals surface area contributed by atoms with E-state index in [-0.39, 0.29) is 18.6 Å². The third-order valence-electron chi connectivity index (χ3n) is 3.93. The van der Waals surface area contributed by atoms with Gasteiger partial charge in [0, 0.05) is 11.4 Å². The zero-order valence-electron chi connectivity index (χ0n) is 12.9. The molecule has 1 aliphatic heterocycles. The van der Waals surface area contributed by atoms with Crippen molar-refractivity contribution in [1.29, 1.82) is 0 Å². The number of carboxylic acids is 1. The van der Waals surface area contributed by atoms with Crippen LogP contribution < -0.4 is 4.74 Å². The minimum absolute atomic E-state index is 0.0425. The second-order valence-corrected chi connectivity index (χ2v) is 6.99. The number of ether oxygens (including phenoxy) is 1. The maximum atomic E-state index is 12.5. The maximum absolute atomic E-state index is 12.5. The van der Waals surface area contributed by atoms with Crippen molar-refractivity contribution in [2.24, 2.45) is 5.41 Å². The van der Waals surface area contributed by atoms with E-state index in [0.717, 1.165) is 18.4 Å². The van der Waals surface area contributed by atoms with Crippen LogP contribution in [0.4, 0.5) is 0 Å². The van der Waals surface area contributed by atoms with E-state index in [1.165, 1.54) is 0 Å². The number of rotatable bonds is 6. The second kappa shape index (κ2) is 6.69. The summed E-state index contributed by atoms with van der Waals surface area (Å²) >= 11 is 6.10. The van der Waals surface area contributed by atoms with Gasteiger partial charge >= 0.3 is 5.97 Å². The summed E-state index contributed by atoms with van der Waals surface area (Å²) in [6.07, 6.45) is 2.63. The van der Waals surface area contributed by atoms with E-state index in [0.29, 0.717) is 29.4 Å². The van der Waals surface area contributed by atoms with Gasteiger partial charge < -0.3 is 9.84 Å². The maximum Gasteiger partial charge on any atom is 0.303 e. The highest BCUT2D eigenvalue weighted by molar-refractivity contribution is 6.31. The molecule has 0 aromatic heterocycles. The lowest BCUT2D eigenvalue weighted by Gasteiger charge is -2.23. The summed E-state index contributed by atoms with van der Waals surface area (Å²) in [7, 11) is 0. The van der Waals surface area contributed by atoms with E-state index >= 15 is 0 Å². The van der Waals surface area contributed by atoms with Gasteiger partial charge in [0.2, 0.25) is 0 Å². The quantitative estimate of drug-likeness (QED) is 0.799. The molecule has 0 amide bonds. The second-order valence-electron chi connectivity index (χ2n) is 6.55. The third-order valence-corrected chi connectivity index (χ3v) is 4.14. The first-order chi connectivity index (χ1) is 10.3. The van der Waals surface area contributed by atoms with Crippen LogP contribution in [0.15, 0.2) is 12.1 Å². The molecule has 0 spiro atoms. The Balaban J connectivity index is 2.13. The molecule has 4 nitrogen and oxygen atoms in total. The number of carbonyl (C=O) groups excluding carboxylic acids is 1. The lowest BCUT2D eigenvalue weighted by Crippen LogP contribution is -2.19. The van der Waals surface area contributed by atoms with Crippen LogP contribution in [0.1, 0.15) is 55.5 Å². The highest BCUT2D eigenvalue weighted by atomic mass is 35.5. The van der Waals surface area contributed by atoms with Crippen LogP contribution >= 0.6 is 11.6 Å². The number of aliphatic carboxylic acids is 1. The molecule has 0 unspecified atom stereocenters. The first kappa shape index (κ1) is 16.8. The minimum atomic E-state index is -0.846. The van der Waals surface area contributed by atoms with Gasteiger partial charge in [-0.2, -0.15) is 0 Å². The van der Waals surface area contributed by atoms with Crippen molar-refractivity contribution >= 4 is 23.4 Å². The van der Waals surface area contributed by atoms with Gasteiger partial charge in [-0.15, -0.1) is 0 Å². The summed E-state index contributed by atoms with van der Waals surface area (Å²) < 4.78 is 5.65. The zero-order valence-corrected chi connectivity index (χ0v) is 13.7. The monoisotopic (exact) mass is 324 g/mol. The number of aryl methyl sites for hydroxylation is 1. The highest BCUT2D eigenvalue weighted by Gasteiger charge is 2.25. The molecule has 0 fully saturated rings.